The molecule has 0 radical (unpaired) electrons. The van der Waals surface area contributed by atoms with Gasteiger partial charge in [0.1, 0.15) is 10.7 Å². The van der Waals surface area contributed by atoms with Crippen LogP contribution in [0.25, 0.3) is 10.9 Å². The molecule has 1 saturated heterocycles. The molecule has 1 aromatic heterocycles. The monoisotopic (exact) mass is 579 g/mol. The van der Waals surface area contributed by atoms with E-state index in [0.29, 0.717) is 35.6 Å². The number of fused-ring (bicyclic) bond motifs is 1. The van der Waals surface area contributed by atoms with Gasteiger partial charge in [0.25, 0.3) is 15.9 Å². The Hall–Kier alpha value is -4.10. The van der Waals surface area contributed by atoms with Crippen LogP contribution in [-0.2, 0) is 14.9 Å². The minimum atomic E-state index is -4.35. The highest BCUT2D eigenvalue weighted by Gasteiger charge is 2.26. The molecule has 2 heterocycles. The molecular formula is C29H30FN5O5S. The van der Waals surface area contributed by atoms with Gasteiger partial charge in [-0.3, -0.25) is 9.63 Å². The van der Waals surface area contributed by atoms with Crippen LogP contribution in [0.5, 0.6) is 5.88 Å². The molecule has 1 aliphatic heterocycles. The second-order valence-corrected chi connectivity index (χ2v) is 11.3. The average Bonchev–Trinajstić information content (AvgIpc) is 3.29. The number of rotatable bonds is 8. The molecule has 1 aliphatic rings. The Morgan fingerprint density at radius 1 is 1.05 bits per heavy atom. The quantitative estimate of drug-likeness (QED) is 0.215. The van der Waals surface area contributed by atoms with E-state index >= 15 is 0 Å². The summed E-state index contributed by atoms with van der Waals surface area (Å²) in [6.07, 6.45) is 0. The number of piperazine rings is 1. The highest BCUT2D eigenvalue weighted by atomic mass is 32.2. The number of likely N-dealkylation sites (N-methyl/N-ethyl adjacent to an activating group) is 1. The van der Waals surface area contributed by atoms with E-state index in [1.165, 1.54) is 0 Å². The zero-order valence-corrected chi connectivity index (χ0v) is 23.4. The number of aromatic amines is 1. The lowest BCUT2D eigenvalue weighted by Crippen LogP contribution is -2.47. The summed E-state index contributed by atoms with van der Waals surface area (Å²) in [6.45, 7) is 4.58. The number of hydrogen-bond donors (Lipinski definition) is 3. The zero-order chi connectivity index (χ0) is 29.1. The van der Waals surface area contributed by atoms with Crippen molar-refractivity contribution in [1.82, 2.24) is 19.7 Å². The lowest BCUT2D eigenvalue weighted by molar-refractivity contribution is 0.0664. The minimum Gasteiger partial charge on any atom is -0.494 e. The molecule has 0 aliphatic carbocycles. The fourth-order valence-electron chi connectivity index (χ4n) is 4.67. The van der Waals surface area contributed by atoms with Crippen molar-refractivity contribution in [2.24, 2.45) is 4.99 Å². The number of carbonyl (C=O) groups is 1. The summed E-state index contributed by atoms with van der Waals surface area (Å²) < 4.78 is 40.3. The van der Waals surface area contributed by atoms with E-state index in [1.54, 1.807) is 55.5 Å². The van der Waals surface area contributed by atoms with Crippen molar-refractivity contribution >= 4 is 38.2 Å². The van der Waals surface area contributed by atoms with Crippen molar-refractivity contribution in [3.05, 3.63) is 89.2 Å². The topological polar surface area (TPSA) is 127 Å². The average molecular weight is 580 g/mol. The van der Waals surface area contributed by atoms with Crippen LogP contribution in [0.1, 0.15) is 28.4 Å². The lowest BCUT2D eigenvalue weighted by atomic mass is 10.0. The first-order valence-corrected chi connectivity index (χ1v) is 14.6. The molecule has 1 fully saturated rings. The maximum Gasteiger partial charge on any atom is 0.265 e. The molecule has 3 aromatic carbocycles. The maximum absolute atomic E-state index is 14.9. The van der Waals surface area contributed by atoms with Crippen LogP contribution in [0.2, 0.25) is 0 Å². The van der Waals surface area contributed by atoms with Gasteiger partial charge in [-0.15, -0.1) is 0 Å². The fraction of sp³-hybridized carbons (Fsp3) is 0.241. The predicted octanol–water partition coefficient (Wildman–Crippen LogP) is 3.80. The van der Waals surface area contributed by atoms with Gasteiger partial charge in [0, 0.05) is 42.7 Å². The van der Waals surface area contributed by atoms with Crippen molar-refractivity contribution in [1.29, 1.82) is 0 Å². The summed E-state index contributed by atoms with van der Waals surface area (Å²) in [5.74, 6) is -1.38. The van der Waals surface area contributed by atoms with E-state index in [0.717, 1.165) is 25.2 Å². The van der Waals surface area contributed by atoms with E-state index < -0.39 is 20.7 Å². The van der Waals surface area contributed by atoms with Gasteiger partial charge in [-0.2, -0.15) is 0 Å². The third-order valence-electron chi connectivity index (χ3n) is 6.86. The number of nitrogens with zero attached hydrogens (tertiary/aromatic N) is 3. The zero-order valence-electron chi connectivity index (χ0n) is 22.6. The summed E-state index contributed by atoms with van der Waals surface area (Å²) in [5.41, 5.74) is 2.36. The van der Waals surface area contributed by atoms with Gasteiger partial charge >= 0.3 is 0 Å². The number of benzene rings is 3. The molecule has 214 valence electrons. The molecule has 5 rings (SSSR count). The number of halogens is 1. The van der Waals surface area contributed by atoms with Gasteiger partial charge in [0.05, 0.1) is 29.1 Å². The second kappa shape index (κ2) is 11.8. The SMILES string of the molecule is CCONS(=O)(=O)c1cc2c(C(=Nc3ccc(C(=O)N4CCN(C)CC4)cc3)c3ccccc3)c(O)[nH]c2cc1F. The molecule has 1 amide bonds. The molecule has 4 aromatic rings. The largest absolute Gasteiger partial charge is 0.494 e. The van der Waals surface area contributed by atoms with Crippen molar-refractivity contribution in [2.75, 3.05) is 39.8 Å². The van der Waals surface area contributed by atoms with Crippen LogP contribution in [0.15, 0.2) is 76.6 Å². The van der Waals surface area contributed by atoms with Gasteiger partial charge in [-0.05, 0) is 50.4 Å². The molecule has 0 bridgehead atoms. The van der Waals surface area contributed by atoms with E-state index in [1.807, 2.05) is 22.9 Å². The van der Waals surface area contributed by atoms with E-state index in [9.17, 15) is 22.7 Å². The molecule has 0 spiro atoms. The normalized spacial score (nSPS) is 15.0. The molecule has 3 N–H and O–H groups in total. The number of nitrogens with one attached hydrogen (secondary N) is 2. The number of aliphatic imine (C=N–C) groups is 1. The third-order valence-corrected chi connectivity index (χ3v) is 8.09. The number of aromatic hydroxyl groups is 1. The Morgan fingerprint density at radius 3 is 2.39 bits per heavy atom. The van der Waals surface area contributed by atoms with Gasteiger partial charge in [-0.25, -0.2) is 17.8 Å². The molecule has 0 saturated carbocycles. The molecule has 0 unspecified atom stereocenters. The van der Waals surface area contributed by atoms with Crippen LogP contribution in [-0.4, -0.2) is 79.8 Å². The fourth-order valence-corrected chi connectivity index (χ4v) is 5.62. The Kier molecular flexibility index (Phi) is 8.18. The lowest BCUT2D eigenvalue weighted by Gasteiger charge is -2.32. The molecule has 0 atom stereocenters. The van der Waals surface area contributed by atoms with Crippen molar-refractivity contribution in [2.45, 2.75) is 11.8 Å². The van der Waals surface area contributed by atoms with Crippen LogP contribution in [0, 0.1) is 5.82 Å². The number of H-pyrrole nitrogens is 1. The standard InChI is InChI=1S/C29H30FN5O5S/c1-3-40-33-41(38,39)25-17-22-24(18-23(25)30)32-28(36)26(22)27(19-7-5-4-6-8-19)31-21-11-9-20(10-12-21)29(37)35-15-13-34(2)14-16-35/h4-12,17-18,32-33,36H,3,13-16H2,1-2H3. The van der Waals surface area contributed by atoms with Gasteiger partial charge < -0.3 is 19.9 Å². The number of amides is 1. The smallest absolute Gasteiger partial charge is 0.265 e. The Balaban J connectivity index is 1.58. The highest BCUT2D eigenvalue weighted by molar-refractivity contribution is 7.89. The third kappa shape index (κ3) is 6.00. The van der Waals surface area contributed by atoms with Crippen molar-refractivity contribution < 1.29 is 27.5 Å². The number of hydrogen-bond acceptors (Lipinski definition) is 7. The summed E-state index contributed by atoms with van der Waals surface area (Å²) in [5, 5.41) is 11.2. The summed E-state index contributed by atoms with van der Waals surface area (Å²) in [6, 6.07) is 18.0. The van der Waals surface area contributed by atoms with Crippen LogP contribution in [0.3, 0.4) is 0 Å². The summed E-state index contributed by atoms with van der Waals surface area (Å²) >= 11 is 0. The van der Waals surface area contributed by atoms with Crippen molar-refractivity contribution in [3.63, 3.8) is 0 Å². The van der Waals surface area contributed by atoms with Crippen LogP contribution in [0.4, 0.5) is 10.1 Å². The molecule has 41 heavy (non-hydrogen) atoms. The molecular weight excluding hydrogens is 549 g/mol. The van der Waals surface area contributed by atoms with Gasteiger partial charge in [-0.1, -0.05) is 35.2 Å². The summed E-state index contributed by atoms with van der Waals surface area (Å²) in [7, 11) is -2.32. The minimum absolute atomic E-state index is 0.0455. The Morgan fingerprint density at radius 2 is 1.73 bits per heavy atom. The first kappa shape index (κ1) is 28.4. The second-order valence-electron chi connectivity index (χ2n) is 9.67. The van der Waals surface area contributed by atoms with E-state index in [4.69, 9.17) is 9.83 Å². The highest BCUT2D eigenvalue weighted by Crippen LogP contribution is 2.34. The van der Waals surface area contributed by atoms with Gasteiger partial charge in [0.15, 0.2) is 5.88 Å². The van der Waals surface area contributed by atoms with Crippen molar-refractivity contribution in [3.8, 4) is 5.88 Å². The molecule has 10 nitrogen and oxygen atoms in total. The van der Waals surface area contributed by atoms with Crippen LogP contribution >= 0.6 is 0 Å². The number of aromatic nitrogens is 1. The predicted molar refractivity (Wildman–Crippen MR) is 153 cm³/mol. The van der Waals surface area contributed by atoms with Crippen LogP contribution < -0.4 is 4.89 Å². The summed E-state index contributed by atoms with van der Waals surface area (Å²) in [4.78, 5) is 30.6. The van der Waals surface area contributed by atoms with Gasteiger partial charge in [0.2, 0.25) is 0 Å². The number of carbonyl (C=O) groups excluding carboxylic acids is 1. The first-order valence-electron chi connectivity index (χ1n) is 13.1. The van der Waals surface area contributed by atoms with E-state index in [2.05, 4.69) is 9.88 Å². The Bertz CT molecular complexity index is 1700. The first-order chi connectivity index (χ1) is 19.7. The molecule has 12 heteroatoms. The maximum atomic E-state index is 14.9. The Labute approximate surface area is 237 Å². The van der Waals surface area contributed by atoms with E-state index in [-0.39, 0.29) is 34.9 Å². The number of sulfonamides is 1.